The molecule has 2 aromatic heterocycles. The molecule has 0 atom stereocenters. The molecule has 0 aliphatic rings. The molecule has 2 heterocycles. The highest BCUT2D eigenvalue weighted by Gasteiger charge is 2.09. The van der Waals surface area contributed by atoms with Crippen LogP contribution in [0.4, 0.5) is 0 Å². The molecule has 0 radical (unpaired) electrons. The molecular weight excluding hydrogens is 409 g/mol. The maximum absolute atomic E-state index is 4.72. The van der Waals surface area contributed by atoms with Crippen molar-refractivity contribution in [1.29, 1.82) is 0 Å². The summed E-state index contributed by atoms with van der Waals surface area (Å²) in [5, 5.41) is 3.35. The van der Waals surface area contributed by atoms with Crippen molar-refractivity contribution in [3.8, 4) is 0 Å². The Morgan fingerprint density at radius 2 is 2.27 bits per heavy atom. The smallest absolute Gasteiger partial charge is 0.194 e. The minimum Gasteiger partial charge on any atom is -0.357 e. The minimum atomic E-state index is 0. The average Bonchev–Trinajstić information content (AvgIpc) is 3.04. The Morgan fingerprint density at radius 3 is 2.82 bits per heavy atom. The van der Waals surface area contributed by atoms with Gasteiger partial charge in [-0.2, -0.15) is 0 Å². The van der Waals surface area contributed by atoms with Crippen molar-refractivity contribution < 1.29 is 0 Å². The minimum absolute atomic E-state index is 0. The molecule has 0 aliphatic carbocycles. The maximum Gasteiger partial charge on any atom is 0.194 e. The number of guanidine groups is 1. The number of halogens is 1. The van der Waals surface area contributed by atoms with Crippen LogP contribution in [0.3, 0.4) is 0 Å². The van der Waals surface area contributed by atoms with Gasteiger partial charge in [0.2, 0.25) is 0 Å². The average molecular weight is 433 g/mol. The molecule has 1 N–H and O–H groups in total. The van der Waals surface area contributed by atoms with Gasteiger partial charge in [0.1, 0.15) is 0 Å². The fourth-order valence-corrected chi connectivity index (χ4v) is 2.77. The van der Waals surface area contributed by atoms with Gasteiger partial charge in [0.05, 0.1) is 24.3 Å². The molecule has 0 unspecified atom stereocenters. The predicted molar refractivity (Wildman–Crippen MR) is 104 cm³/mol. The van der Waals surface area contributed by atoms with Gasteiger partial charge in [-0.1, -0.05) is 0 Å². The summed E-state index contributed by atoms with van der Waals surface area (Å²) in [4.78, 5) is 12.4. The number of hydrogen-bond donors (Lipinski definition) is 1. The molecule has 5 nitrogen and oxygen atoms in total. The first-order valence-corrected chi connectivity index (χ1v) is 7.98. The van der Waals surface area contributed by atoms with E-state index in [1.54, 1.807) is 11.3 Å². The van der Waals surface area contributed by atoms with Crippen LogP contribution in [0.5, 0.6) is 0 Å². The fraction of sp³-hybridized carbons (Fsp3) is 0.467. The third kappa shape index (κ3) is 4.98. The Labute approximate surface area is 153 Å². The van der Waals surface area contributed by atoms with E-state index in [0.29, 0.717) is 6.54 Å². The van der Waals surface area contributed by atoms with Gasteiger partial charge >= 0.3 is 0 Å². The van der Waals surface area contributed by atoms with Gasteiger partial charge in [0.25, 0.3) is 0 Å². The van der Waals surface area contributed by atoms with E-state index in [9.17, 15) is 0 Å². The van der Waals surface area contributed by atoms with Crippen LogP contribution in [0, 0.1) is 6.92 Å². The highest BCUT2D eigenvalue weighted by Crippen LogP contribution is 2.13. The summed E-state index contributed by atoms with van der Waals surface area (Å²) in [6.45, 7) is 6.48. The molecule has 0 bridgehead atoms. The molecule has 0 aromatic carbocycles. The van der Waals surface area contributed by atoms with E-state index in [2.05, 4.69) is 59.1 Å². The van der Waals surface area contributed by atoms with Crippen LogP contribution in [0.1, 0.15) is 23.2 Å². The van der Waals surface area contributed by atoms with E-state index >= 15 is 0 Å². The lowest BCUT2D eigenvalue weighted by Gasteiger charge is -2.22. The van der Waals surface area contributed by atoms with Gasteiger partial charge in [0, 0.05) is 37.4 Å². The zero-order valence-corrected chi connectivity index (χ0v) is 16.7. The summed E-state index contributed by atoms with van der Waals surface area (Å²) in [6, 6.07) is 4.20. The highest BCUT2D eigenvalue weighted by molar-refractivity contribution is 14.0. The van der Waals surface area contributed by atoms with Gasteiger partial charge in [-0.25, -0.2) is 9.98 Å². The van der Waals surface area contributed by atoms with E-state index < -0.39 is 0 Å². The van der Waals surface area contributed by atoms with Crippen LogP contribution < -0.4 is 5.32 Å². The van der Waals surface area contributed by atoms with Crippen molar-refractivity contribution in [3.05, 3.63) is 40.1 Å². The van der Waals surface area contributed by atoms with Crippen LogP contribution in [0.15, 0.2) is 28.8 Å². The van der Waals surface area contributed by atoms with Gasteiger partial charge in [0.15, 0.2) is 5.96 Å². The largest absolute Gasteiger partial charge is 0.357 e. The third-order valence-corrected chi connectivity index (χ3v) is 4.28. The molecular formula is C15H24IN5S. The summed E-state index contributed by atoms with van der Waals surface area (Å²) in [5.41, 5.74) is 4.21. The molecule has 7 heteroatoms. The van der Waals surface area contributed by atoms with Crippen LogP contribution in [0.2, 0.25) is 0 Å². The quantitative estimate of drug-likeness (QED) is 0.448. The summed E-state index contributed by atoms with van der Waals surface area (Å²) < 4.78 is 2.13. The predicted octanol–water partition coefficient (Wildman–Crippen LogP) is 3.01. The van der Waals surface area contributed by atoms with Gasteiger partial charge in [-0.05, 0) is 26.0 Å². The number of nitrogens with one attached hydrogen (secondary N) is 1. The molecule has 22 heavy (non-hydrogen) atoms. The molecule has 2 aromatic rings. The van der Waals surface area contributed by atoms with Crippen LogP contribution >= 0.6 is 35.3 Å². The number of aryl methyl sites for hydroxylation is 2. The number of thiazole rings is 1. The van der Waals surface area contributed by atoms with E-state index in [-0.39, 0.29) is 24.0 Å². The Morgan fingerprint density at radius 1 is 1.50 bits per heavy atom. The number of nitrogens with zero attached hydrogens (tertiary/aromatic N) is 4. The molecule has 0 fully saturated rings. The first-order chi connectivity index (χ1) is 10.1. The van der Waals surface area contributed by atoms with Crippen LogP contribution in [0.25, 0.3) is 0 Å². The monoisotopic (exact) mass is 433 g/mol. The summed E-state index contributed by atoms with van der Waals surface area (Å²) in [7, 11) is 4.13. The van der Waals surface area contributed by atoms with E-state index in [0.717, 1.165) is 24.7 Å². The molecule has 122 valence electrons. The van der Waals surface area contributed by atoms with E-state index in [1.807, 2.05) is 12.4 Å². The second-order valence-corrected chi connectivity index (χ2v) is 5.94. The SMILES string of the molecule is CCNC(=NCc1scnc1C)N(C)Cc1cccn1C.I. The van der Waals surface area contributed by atoms with E-state index in [1.165, 1.54) is 10.6 Å². The molecule has 0 aliphatic heterocycles. The molecule has 2 rings (SSSR count). The zero-order valence-electron chi connectivity index (χ0n) is 13.5. The fourth-order valence-electron chi connectivity index (χ4n) is 2.07. The Hall–Kier alpha value is -1.09. The van der Waals surface area contributed by atoms with Crippen molar-refractivity contribution in [2.45, 2.75) is 26.9 Å². The van der Waals surface area contributed by atoms with Gasteiger partial charge in [-0.15, -0.1) is 35.3 Å². The number of aliphatic imine (C=N–C) groups is 1. The standard InChI is InChI=1S/C15H23N5S.HI/c1-5-16-15(17-9-14-12(2)18-11-21-14)20(4)10-13-7-6-8-19(13)3;/h6-8,11H,5,9-10H2,1-4H3,(H,16,17);1H. The van der Waals surface area contributed by atoms with Crippen molar-refractivity contribution in [3.63, 3.8) is 0 Å². The lowest BCUT2D eigenvalue weighted by molar-refractivity contribution is 0.462. The van der Waals surface area contributed by atoms with E-state index in [4.69, 9.17) is 4.99 Å². The topological polar surface area (TPSA) is 45.5 Å². The highest BCUT2D eigenvalue weighted by atomic mass is 127. The zero-order chi connectivity index (χ0) is 15.2. The first kappa shape index (κ1) is 19.0. The number of rotatable bonds is 5. The maximum atomic E-state index is 4.72. The summed E-state index contributed by atoms with van der Waals surface area (Å²) >= 11 is 1.66. The van der Waals surface area contributed by atoms with Crippen molar-refractivity contribution >= 4 is 41.3 Å². The third-order valence-electron chi connectivity index (χ3n) is 3.36. The Bertz CT molecular complexity index is 605. The number of hydrogen-bond acceptors (Lipinski definition) is 3. The Balaban J connectivity index is 0.00000242. The molecule has 0 spiro atoms. The second kappa shape index (κ2) is 9.14. The van der Waals surface area contributed by atoms with Crippen molar-refractivity contribution in [2.75, 3.05) is 13.6 Å². The number of aromatic nitrogens is 2. The molecule has 0 saturated heterocycles. The first-order valence-electron chi connectivity index (χ1n) is 7.10. The summed E-state index contributed by atoms with van der Waals surface area (Å²) in [5.74, 6) is 0.923. The van der Waals surface area contributed by atoms with Crippen LogP contribution in [-0.4, -0.2) is 34.0 Å². The molecule has 0 amide bonds. The lowest BCUT2D eigenvalue weighted by atomic mass is 10.4. The normalized spacial score (nSPS) is 11.2. The molecule has 0 saturated carbocycles. The lowest BCUT2D eigenvalue weighted by Crippen LogP contribution is -2.38. The van der Waals surface area contributed by atoms with Gasteiger partial charge < -0.3 is 14.8 Å². The van der Waals surface area contributed by atoms with Crippen LogP contribution in [-0.2, 0) is 20.1 Å². The Kier molecular flexibility index (Phi) is 7.88. The second-order valence-electron chi connectivity index (χ2n) is 5.00. The van der Waals surface area contributed by atoms with Gasteiger partial charge in [-0.3, -0.25) is 0 Å². The van der Waals surface area contributed by atoms with Crippen molar-refractivity contribution in [2.24, 2.45) is 12.0 Å². The van der Waals surface area contributed by atoms with Crippen molar-refractivity contribution in [1.82, 2.24) is 19.8 Å². The summed E-state index contributed by atoms with van der Waals surface area (Å²) in [6.07, 6.45) is 2.06.